The SMILES string of the molecule is COc1ccc(S(=O)(=O)N(CC(=O)N/N=C(/C)c2cccc(NC(=O)c3ccccc3)c2)c2ccc(F)cc2)cc1OC. The number of hydrazone groups is 1. The Morgan fingerprint density at radius 3 is 2.19 bits per heavy atom. The van der Waals surface area contributed by atoms with E-state index < -0.39 is 28.3 Å². The summed E-state index contributed by atoms with van der Waals surface area (Å²) in [4.78, 5) is 25.3. The van der Waals surface area contributed by atoms with E-state index in [1.54, 1.807) is 55.5 Å². The molecule has 0 atom stereocenters. The summed E-state index contributed by atoms with van der Waals surface area (Å²) in [6, 6.07) is 24.3. The smallest absolute Gasteiger partial charge is 0.264 e. The lowest BCUT2D eigenvalue weighted by Crippen LogP contribution is -2.39. The Morgan fingerprint density at radius 2 is 1.51 bits per heavy atom. The number of hydrogen-bond acceptors (Lipinski definition) is 7. The van der Waals surface area contributed by atoms with Crippen LogP contribution in [-0.4, -0.2) is 46.7 Å². The van der Waals surface area contributed by atoms with Crippen molar-refractivity contribution in [3.05, 3.63) is 114 Å². The summed E-state index contributed by atoms with van der Waals surface area (Å²) >= 11 is 0. The third-order valence-corrected chi connectivity index (χ3v) is 8.04. The number of nitrogens with one attached hydrogen (secondary N) is 2. The van der Waals surface area contributed by atoms with Crippen molar-refractivity contribution in [2.45, 2.75) is 11.8 Å². The Balaban J connectivity index is 1.54. The maximum Gasteiger partial charge on any atom is 0.264 e. The van der Waals surface area contributed by atoms with Crippen LogP contribution in [0.3, 0.4) is 0 Å². The van der Waals surface area contributed by atoms with Gasteiger partial charge < -0.3 is 14.8 Å². The van der Waals surface area contributed by atoms with Gasteiger partial charge >= 0.3 is 0 Å². The molecule has 0 aliphatic heterocycles. The van der Waals surface area contributed by atoms with Gasteiger partial charge in [-0.2, -0.15) is 5.10 Å². The molecule has 0 unspecified atom stereocenters. The van der Waals surface area contributed by atoms with Gasteiger partial charge in [-0.15, -0.1) is 0 Å². The van der Waals surface area contributed by atoms with Gasteiger partial charge in [0.05, 0.1) is 30.5 Å². The lowest BCUT2D eigenvalue weighted by Gasteiger charge is -2.24. The number of anilines is 2. The zero-order chi connectivity index (χ0) is 31.0. The molecule has 4 aromatic rings. The average Bonchev–Trinajstić information content (AvgIpc) is 3.03. The molecule has 222 valence electrons. The van der Waals surface area contributed by atoms with Gasteiger partial charge in [-0.3, -0.25) is 13.9 Å². The number of amides is 2. The number of carbonyl (C=O) groups excluding carboxylic acids is 2. The minimum Gasteiger partial charge on any atom is -0.493 e. The number of ether oxygens (including phenoxy) is 2. The number of benzene rings is 4. The summed E-state index contributed by atoms with van der Waals surface area (Å²) in [6.45, 7) is 0.989. The van der Waals surface area contributed by atoms with Crippen LogP contribution in [0.4, 0.5) is 15.8 Å². The normalized spacial score (nSPS) is 11.4. The molecule has 0 heterocycles. The molecule has 2 amide bonds. The molecule has 0 aliphatic rings. The van der Waals surface area contributed by atoms with Gasteiger partial charge in [-0.25, -0.2) is 18.2 Å². The number of rotatable bonds is 11. The first-order chi connectivity index (χ1) is 20.6. The molecule has 43 heavy (non-hydrogen) atoms. The predicted octanol–water partition coefficient (Wildman–Crippen LogP) is 4.83. The maximum absolute atomic E-state index is 13.7. The van der Waals surface area contributed by atoms with Crippen LogP contribution in [0.15, 0.2) is 107 Å². The zero-order valence-electron chi connectivity index (χ0n) is 23.6. The molecule has 10 nitrogen and oxygen atoms in total. The van der Waals surface area contributed by atoms with Crippen LogP contribution in [0.1, 0.15) is 22.8 Å². The third kappa shape index (κ3) is 7.54. The molecule has 0 aliphatic carbocycles. The Hall–Kier alpha value is -5.23. The molecule has 2 N–H and O–H groups in total. The van der Waals surface area contributed by atoms with E-state index in [2.05, 4.69) is 15.8 Å². The Bertz CT molecular complexity index is 1750. The van der Waals surface area contributed by atoms with Gasteiger partial charge in [0.2, 0.25) is 0 Å². The fourth-order valence-electron chi connectivity index (χ4n) is 4.02. The summed E-state index contributed by atoms with van der Waals surface area (Å²) in [6.07, 6.45) is 0. The van der Waals surface area contributed by atoms with Crippen molar-refractivity contribution in [1.82, 2.24) is 5.43 Å². The molecule has 0 saturated carbocycles. The van der Waals surface area contributed by atoms with E-state index in [-0.39, 0.29) is 22.2 Å². The lowest BCUT2D eigenvalue weighted by molar-refractivity contribution is -0.119. The predicted molar refractivity (Wildman–Crippen MR) is 162 cm³/mol. The second-order valence-corrected chi connectivity index (χ2v) is 11.0. The third-order valence-electron chi connectivity index (χ3n) is 6.27. The summed E-state index contributed by atoms with van der Waals surface area (Å²) in [5, 5.41) is 6.94. The van der Waals surface area contributed by atoms with E-state index in [4.69, 9.17) is 9.47 Å². The number of methoxy groups -OCH3 is 2. The molecule has 4 rings (SSSR count). The molecular formula is C31H29FN4O6S. The molecule has 0 bridgehead atoms. The zero-order valence-corrected chi connectivity index (χ0v) is 24.4. The Morgan fingerprint density at radius 1 is 0.837 bits per heavy atom. The van der Waals surface area contributed by atoms with Crippen LogP contribution in [0, 0.1) is 5.82 Å². The fourth-order valence-corrected chi connectivity index (χ4v) is 5.45. The van der Waals surface area contributed by atoms with Crippen LogP contribution in [0.5, 0.6) is 11.5 Å². The topological polar surface area (TPSA) is 126 Å². The number of carbonyl (C=O) groups is 2. The number of halogens is 1. The van der Waals surface area contributed by atoms with E-state index in [0.29, 0.717) is 28.3 Å². The number of sulfonamides is 1. The number of hydrogen-bond donors (Lipinski definition) is 2. The first kappa shape index (κ1) is 30.7. The molecular weight excluding hydrogens is 575 g/mol. The minimum atomic E-state index is -4.32. The molecule has 0 saturated heterocycles. The van der Waals surface area contributed by atoms with Crippen molar-refractivity contribution in [2.24, 2.45) is 5.10 Å². The van der Waals surface area contributed by atoms with Crippen LogP contribution in [-0.2, 0) is 14.8 Å². The van der Waals surface area contributed by atoms with Gasteiger partial charge in [-0.1, -0.05) is 30.3 Å². The minimum absolute atomic E-state index is 0.0638. The van der Waals surface area contributed by atoms with Crippen molar-refractivity contribution in [3.63, 3.8) is 0 Å². The van der Waals surface area contributed by atoms with Crippen molar-refractivity contribution >= 4 is 38.9 Å². The van der Waals surface area contributed by atoms with Gasteiger partial charge in [0.1, 0.15) is 12.4 Å². The van der Waals surface area contributed by atoms with Crippen molar-refractivity contribution in [2.75, 3.05) is 30.4 Å². The van der Waals surface area contributed by atoms with Crippen LogP contribution in [0.2, 0.25) is 0 Å². The van der Waals surface area contributed by atoms with Crippen molar-refractivity contribution in [3.8, 4) is 11.5 Å². The first-order valence-corrected chi connectivity index (χ1v) is 14.4. The largest absolute Gasteiger partial charge is 0.493 e. The van der Waals surface area contributed by atoms with E-state index >= 15 is 0 Å². The van der Waals surface area contributed by atoms with Crippen LogP contribution < -0.4 is 24.5 Å². The van der Waals surface area contributed by atoms with Gasteiger partial charge in [0, 0.05) is 17.3 Å². The molecule has 0 radical (unpaired) electrons. The standard InChI is InChI=1S/C31H29FN4O6S/c1-21(23-10-7-11-25(18-23)33-31(38)22-8-5-4-6-9-22)34-35-30(37)20-36(26-14-12-24(32)13-15-26)43(39,40)27-16-17-28(41-2)29(19-27)42-3/h4-19H,20H2,1-3H3,(H,33,38)(H,35,37)/b34-21-. The average molecular weight is 605 g/mol. The van der Waals surface area contributed by atoms with E-state index in [1.165, 1.54) is 44.6 Å². The summed E-state index contributed by atoms with van der Waals surface area (Å²) in [5.41, 5.74) is 4.48. The first-order valence-electron chi connectivity index (χ1n) is 12.9. The van der Waals surface area contributed by atoms with Gasteiger partial charge in [0.15, 0.2) is 11.5 Å². The van der Waals surface area contributed by atoms with E-state index in [1.807, 2.05) is 6.07 Å². The maximum atomic E-state index is 13.7. The highest BCUT2D eigenvalue weighted by Gasteiger charge is 2.28. The Labute approximate surface area is 248 Å². The van der Waals surface area contributed by atoms with Gasteiger partial charge in [-0.05, 0) is 73.2 Å². The fraction of sp³-hybridized carbons (Fsp3) is 0.129. The molecule has 0 spiro atoms. The Kier molecular flexibility index (Phi) is 9.73. The van der Waals surface area contributed by atoms with Gasteiger partial charge in [0.25, 0.3) is 21.8 Å². The van der Waals surface area contributed by atoms with Crippen molar-refractivity contribution in [1.29, 1.82) is 0 Å². The highest BCUT2D eigenvalue weighted by Crippen LogP contribution is 2.32. The van der Waals surface area contributed by atoms with Crippen molar-refractivity contribution < 1.29 is 31.9 Å². The number of nitrogens with zero attached hydrogens (tertiary/aromatic N) is 2. The van der Waals surface area contributed by atoms with E-state index in [9.17, 15) is 22.4 Å². The molecule has 12 heteroatoms. The molecule has 0 fully saturated rings. The highest BCUT2D eigenvalue weighted by atomic mass is 32.2. The summed E-state index contributed by atoms with van der Waals surface area (Å²) < 4.78 is 52.3. The second-order valence-electron chi connectivity index (χ2n) is 9.14. The van der Waals surface area contributed by atoms with Crippen LogP contribution in [0.25, 0.3) is 0 Å². The highest BCUT2D eigenvalue weighted by molar-refractivity contribution is 7.92. The second kappa shape index (κ2) is 13.6. The molecule has 0 aromatic heterocycles. The monoisotopic (exact) mass is 604 g/mol. The van der Waals surface area contributed by atoms with E-state index in [0.717, 1.165) is 16.4 Å². The quantitative estimate of drug-likeness (QED) is 0.187. The van der Waals surface area contributed by atoms with Crippen LogP contribution >= 0.6 is 0 Å². The lowest BCUT2D eigenvalue weighted by atomic mass is 10.1. The summed E-state index contributed by atoms with van der Waals surface area (Å²) in [5.74, 6) is -1.10. The molecule has 4 aromatic carbocycles. The summed E-state index contributed by atoms with van der Waals surface area (Å²) in [7, 11) is -1.54.